The van der Waals surface area contributed by atoms with E-state index in [1.807, 2.05) is 24.3 Å². The van der Waals surface area contributed by atoms with Crippen molar-refractivity contribution in [2.45, 2.75) is 19.4 Å². The Hall–Kier alpha value is -2.25. The van der Waals surface area contributed by atoms with Gasteiger partial charge in [0.1, 0.15) is 12.7 Å². The van der Waals surface area contributed by atoms with Gasteiger partial charge in [0.15, 0.2) is 5.13 Å². The van der Waals surface area contributed by atoms with Crippen LogP contribution in [-0.2, 0) is 17.8 Å². The molecular formula is C15H14ClN5OS. The molecule has 0 spiro atoms. The standard InChI is InChI=1S/C15H14ClN5OS/c16-12-3-1-11(2-4-12)7-13-8-18-15(23-13)20-14(22)5-6-21-10-17-9-19-21/h1-4,8-10H,5-7H2,(H,18,20,22). The van der Waals surface area contributed by atoms with Crippen molar-refractivity contribution in [3.8, 4) is 0 Å². The summed E-state index contributed by atoms with van der Waals surface area (Å²) in [6.45, 7) is 0.495. The summed E-state index contributed by atoms with van der Waals surface area (Å²) in [5, 5.41) is 8.09. The molecule has 0 aliphatic heterocycles. The molecule has 3 rings (SSSR count). The van der Waals surface area contributed by atoms with Crippen molar-refractivity contribution < 1.29 is 4.79 Å². The minimum absolute atomic E-state index is 0.0899. The van der Waals surface area contributed by atoms with E-state index in [1.54, 1.807) is 17.2 Å². The fourth-order valence-corrected chi connectivity index (χ4v) is 2.99. The summed E-state index contributed by atoms with van der Waals surface area (Å²) < 4.78 is 1.62. The van der Waals surface area contributed by atoms with Gasteiger partial charge in [-0.05, 0) is 17.7 Å². The average Bonchev–Trinajstić information content (AvgIpc) is 3.20. The van der Waals surface area contributed by atoms with E-state index in [0.29, 0.717) is 18.1 Å². The summed E-state index contributed by atoms with van der Waals surface area (Å²) >= 11 is 7.35. The molecule has 0 atom stereocenters. The lowest BCUT2D eigenvalue weighted by atomic mass is 10.1. The van der Waals surface area contributed by atoms with Gasteiger partial charge in [-0.25, -0.2) is 9.97 Å². The maximum atomic E-state index is 11.9. The lowest BCUT2D eigenvalue weighted by molar-refractivity contribution is -0.116. The van der Waals surface area contributed by atoms with Crippen LogP contribution in [0.15, 0.2) is 43.1 Å². The van der Waals surface area contributed by atoms with Crippen molar-refractivity contribution >= 4 is 34.0 Å². The normalized spacial score (nSPS) is 10.7. The molecule has 1 amide bonds. The molecule has 0 aliphatic rings. The quantitative estimate of drug-likeness (QED) is 0.744. The Bertz CT molecular complexity index is 770. The summed E-state index contributed by atoms with van der Waals surface area (Å²) in [4.78, 5) is 21.0. The first-order valence-electron chi connectivity index (χ1n) is 7.00. The lowest BCUT2D eigenvalue weighted by Gasteiger charge is -2.01. The van der Waals surface area contributed by atoms with Crippen LogP contribution in [0, 0.1) is 0 Å². The maximum Gasteiger partial charge on any atom is 0.228 e. The Labute approximate surface area is 142 Å². The second-order valence-electron chi connectivity index (χ2n) is 4.89. The topological polar surface area (TPSA) is 72.7 Å². The Morgan fingerprint density at radius 2 is 2.13 bits per heavy atom. The van der Waals surface area contributed by atoms with Crippen molar-refractivity contribution in [2.75, 3.05) is 5.32 Å². The Morgan fingerprint density at radius 3 is 2.87 bits per heavy atom. The number of amides is 1. The molecule has 0 saturated heterocycles. The van der Waals surface area contributed by atoms with Crippen LogP contribution < -0.4 is 5.32 Å². The maximum absolute atomic E-state index is 11.9. The fourth-order valence-electron chi connectivity index (χ4n) is 2.00. The minimum Gasteiger partial charge on any atom is -0.302 e. The highest BCUT2D eigenvalue weighted by Crippen LogP contribution is 2.22. The van der Waals surface area contributed by atoms with Gasteiger partial charge < -0.3 is 5.32 Å². The van der Waals surface area contributed by atoms with Crippen molar-refractivity contribution in [3.63, 3.8) is 0 Å². The summed E-state index contributed by atoms with van der Waals surface area (Å²) in [6.07, 6.45) is 5.91. The van der Waals surface area contributed by atoms with Crippen molar-refractivity contribution in [1.29, 1.82) is 0 Å². The number of rotatable bonds is 6. The number of nitrogens with one attached hydrogen (secondary N) is 1. The Morgan fingerprint density at radius 1 is 1.30 bits per heavy atom. The number of carbonyl (C=O) groups is 1. The van der Waals surface area contributed by atoms with Gasteiger partial charge in [0, 0.05) is 28.9 Å². The molecule has 0 saturated carbocycles. The van der Waals surface area contributed by atoms with Crippen molar-refractivity contribution in [3.05, 3.63) is 58.6 Å². The SMILES string of the molecule is O=C(CCn1cncn1)Nc1ncc(Cc2ccc(Cl)cc2)s1. The zero-order chi connectivity index (χ0) is 16.1. The van der Waals surface area contributed by atoms with Crippen LogP contribution in [0.25, 0.3) is 0 Å². The van der Waals surface area contributed by atoms with Gasteiger partial charge in [-0.2, -0.15) is 5.10 Å². The molecule has 0 aliphatic carbocycles. The largest absolute Gasteiger partial charge is 0.302 e. The van der Waals surface area contributed by atoms with E-state index in [-0.39, 0.29) is 5.91 Å². The lowest BCUT2D eigenvalue weighted by Crippen LogP contribution is -2.14. The number of benzene rings is 1. The zero-order valence-electron chi connectivity index (χ0n) is 12.1. The van der Waals surface area contributed by atoms with Gasteiger partial charge in [-0.1, -0.05) is 23.7 Å². The van der Waals surface area contributed by atoms with Crippen molar-refractivity contribution in [2.24, 2.45) is 0 Å². The molecule has 1 aromatic carbocycles. The highest BCUT2D eigenvalue weighted by molar-refractivity contribution is 7.15. The van der Waals surface area contributed by atoms with Gasteiger partial charge in [0.2, 0.25) is 5.91 Å². The van der Waals surface area contributed by atoms with E-state index in [9.17, 15) is 4.79 Å². The fraction of sp³-hybridized carbons (Fsp3) is 0.200. The molecule has 1 N–H and O–H groups in total. The monoisotopic (exact) mass is 347 g/mol. The van der Waals surface area contributed by atoms with E-state index in [2.05, 4.69) is 20.4 Å². The van der Waals surface area contributed by atoms with Crippen LogP contribution in [0.4, 0.5) is 5.13 Å². The molecule has 23 heavy (non-hydrogen) atoms. The summed E-state index contributed by atoms with van der Waals surface area (Å²) in [5.41, 5.74) is 1.15. The third kappa shape index (κ3) is 4.61. The van der Waals surface area contributed by atoms with Crippen LogP contribution in [0.5, 0.6) is 0 Å². The minimum atomic E-state index is -0.0899. The first-order chi connectivity index (χ1) is 11.2. The van der Waals surface area contributed by atoms with Crippen LogP contribution in [0.3, 0.4) is 0 Å². The first kappa shape index (κ1) is 15.6. The van der Waals surface area contributed by atoms with Crippen LogP contribution in [-0.4, -0.2) is 25.7 Å². The second-order valence-corrected chi connectivity index (χ2v) is 6.44. The average molecular weight is 348 g/mol. The molecular weight excluding hydrogens is 334 g/mol. The van der Waals surface area contributed by atoms with Gasteiger partial charge in [-0.15, -0.1) is 11.3 Å². The summed E-state index contributed by atoms with van der Waals surface area (Å²) in [7, 11) is 0. The predicted octanol–water partition coefficient (Wildman–Crippen LogP) is 3.01. The molecule has 118 valence electrons. The molecule has 6 nitrogen and oxygen atoms in total. The number of hydrogen-bond donors (Lipinski definition) is 1. The smallest absolute Gasteiger partial charge is 0.228 e. The first-order valence-corrected chi connectivity index (χ1v) is 8.20. The Balaban J connectivity index is 1.52. The number of aryl methyl sites for hydroxylation is 1. The molecule has 0 radical (unpaired) electrons. The summed E-state index contributed by atoms with van der Waals surface area (Å²) in [6, 6.07) is 7.70. The van der Waals surface area contributed by atoms with E-state index < -0.39 is 0 Å². The van der Waals surface area contributed by atoms with Gasteiger partial charge >= 0.3 is 0 Å². The van der Waals surface area contributed by atoms with Crippen molar-refractivity contribution in [1.82, 2.24) is 19.7 Å². The van der Waals surface area contributed by atoms with Crippen LogP contribution in [0.2, 0.25) is 5.02 Å². The molecule has 2 aromatic heterocycles. The van der Waals surface area contributed by atoms with E-state index in [1.165, 1.54) is 17.7 Å². The molecule has 3 aromatic rings. The molecule has 0 unspecified atom stereocenters. The molecule has 8 heteroatoms. The van der Waals surface area contributed by atoms with E-state index >= 15 is 0 Å². The molecule has 2 heterocycles. The highest BCUT2D eigenvalue weighted by Gasteiger charge is 2.08. The zero-order valence-corrected chi connectivity index (χ0v) is 13.7. The number of hydrogen-bond acceptors (Lipinski definition) is 5. The van der Waals surface area contributed by atoms with Gasteiger partial charge in [-0.3, -0.25) is 9.48 Å². The summed E-state index contributed by atoms with van der Waals surface area (Å²) in [5.74, 6) is -0.0899. The van der Waals surface area contributed by atoms with E-state index in [4.69, 9.17) is 11.6 Å². The van der Waals surface area contributed by atoms with Crippen LogP contribution in [0.1, 0.15) is 16.9 Å². The third-order valence-corrected chi connectivity index (χ3v) is 4.29. The second kappa shape index (κ2) is 7.34. The number of anilines is 1. The third-order valence-electron chi connectivity index (χ3n) is 3.13. The Kier molecular flexibility index (Phi) is 4.99. The molecule has 0 bridgehead atoms. The predicted molar refractivity (Wildman–Crippen MR) is 89.6 cm³/mol. The van der Waals surface area contributed by atoms with Crippen LogP contribution >= 0.6 is 22.9 Å². The highest BCUT2D eigenvalue weighted by atomic mass is 35.5. The number of thiazole rings is 1. The van der Waals surface area contributed by atoms with Gasteiger partial charge in [0.25, 0.3) is 0 Å². The van der Waals surface area contributed by atoms with Gasteiger partial charge in [0.05, 0.1) is 6.54 Å². The van der Waals surface area contributed by atoms with E-state index in [0.717, 1.165) is 21.9 Å². The number of halogens is 1. The molecule has 0 fully saturated rings. The number of aromatic nitrogens is 4. The number of carbonyl (C=O) groups excluding carboxylic acids is 1. The number of nitrogens with zero attached hydrogens (tertiary/aromatic N) is 4.